The average molecular weight is 463 g/mol. The Labute approximate surface area is 200 Å². The Hall–Kier alpha value is -3.34. The number of para-hydroxylation sites is 1. The zero-order valence-corrected chi connectivity index (χ0v) is 19.9. The van der Waals surface area contributed by atoms with Gasteiger partial charge in [-0.25, -0.2) is 9.18 Å². The van der Waals surface area contributed by atoms with Gasteiger partial charge in [0.1, 0.15) is 5.75 Å². The van der Waals surface area contributed by atoms with Crippen molar-refractivity contribution in [3.8, 4) is 11.5 Å². The van der Waals surface area contributed by atoms with E-state index in [1.165, 1.54) is 13.2 Å². The van der Waals surface area contributed by atoms with Crippen molar-refractivity contribution in [1.29, 1.82) is 0 Å². The van der Waals surface area contributed by atoms with Crippen LogP contribution in [-0.2, 0) is 0 Å². The maximum absolute atomic E-state index is 13.7. The number of carboxylic acid groups (broad SMARTS) is 1. The minimum atomic E-state index is -0.900. The van der Waals surface area contributed by atoms with Gasteiger partial charge in [-0.1, -0.05) is 43.3 Å². The van der Waals surface area contributed by atoms with Crippen LogP contribution in [0.1, 0.15) is 77.1 Å². The van der Waals surface area contributed by atoms with E-state index >= 15 is 0 Å². The zero-order chi connectivity index (χ0) is 24.2. The summed E-state index contributed by atoms with van der Waals surface area (Å²) in [5, 5.41) is 9.59. The van der Waals surface area contributed by atoms with Crippen LogP contribution in [0, 0.1) is 12.7 Å². The van der Waals surface area contributed by atoms with Crippen LogP contribution in [0.3, 0.4) is 0 Å². The highest BCUT2D eigenvalue weighted by atomic mass is 19.1. The molecule has 34 heavy (non-hydrogen) atoms. The molecule has 1 N–H and O–H groups in total. The summed E-state index contributed by atoms with van der Waals surface area (Å²) in [5.74, 6) is 0.267. The third-order valence-electron chi connectivity index (χ3n) is 6.89. The molecule has 1 heterocycles. The molecule has 1 aliphatic heterocycles. The van der Waals surface area contributed by atoms with Crippen molar-refractivity contribution in [2.24, 2.45) is 0 Å². The van der Waals surface area contributed by atoms with Crippen LogP contribution in [0.5, 0.6) is 11.5 Å². The van der Waals surface area contributed by atoms with E-state index in [0.29, 0.717) is 5.56 Å². The predicted molar refractivity (Wildman–Crippen MR) is 131 cm³/mol. The minimum absolute atomic E-state index is 0.0458. The van der Waals surface area contributed by atoms with Crippen molar-refractivity contribution in [1.82, 2.24) is 0 Å². The van der Waals surface area contributed by atoms with E-state index in [9.17, 15) is 14.3 Å². The van der Waals surface area contributed by atoms with Gasteiger partial charge in [0.25, 0.3) is 0 Å². The van der Waals surface area contributed by atoms with Gasteiger partial charge < -0.3 is 14.6 Å². The summed E-state index contributed by atoms with van der Waals surface area (Å²) in [6.45, 7) is 3.97. The summed E-state index contributed by atoms with van der Waals surface area (Å²) < 4.78 is 25.2. The monoisotopic (exact) mass is 462 g/mol. The number of halogens is 1. The summed E-state index contributed by atoms with van der Waals surface area (Å²) in [6.07, 6.45) is 3.66. The molecule has 4 nitrogen and oxygen atoms in total. The highest BCUT2D eigenvalue weighted by Gasteiger charge is 2.29. The first-order valence-electron chi connectivity index (χ1n) is 11.8. The summed E-state index contributed by atoms with van der Waals surface area (Å²) in [6, 6.07) is 18.8. The molecule has 0 fully saturated rings. The number of methoxy groups -OCH3 is 1. The van der Waals surface area contributed by atoms with Crippen LogP contribution in [0.4, 0.5) is 4.39 Å². The smallest absolute Gasteiger partial charge is 0.335 e. The Kier molecular flexibility index (Phi) is 7.20. The number of hydrogen-bond acceptors (Lipinski definition) is 3. The van der Waals surface area contributed by atoms with E-state index in [0.717, 1.165) is 53.7 Å². The molecule has 3 atom stereocenters. The van der Waals surface area contributed by atoms with Crippen LogP contribution in [0.25, 0.3) is 0 Å². The summed E-state index contributed by atoms with van der Waals surface area (Å²) in [5.41, 5.74) is 4.29. The zero-order valence-electron chi connectivity index (χ0n) is 19.9. The van der Waals surface area contributed by atoms with Crippen LogP contribution in [0.2, 0.25) is 0 Å². The number of fused-ring (bicyclic) bond motifs is 1. The van der Waals surface area contributed by atoms with Crippen molar-refractivity contribution in [2.45, 2.75) is 57.5 Å². The quantitative estimate of drug-likeness (QED) is 0.388. The number of rotatable bonds is 8. The van der Waals surface area contributed by atoms with E-state index in [4.69, 9.17) is 9.47 Å². The molecule has 0 aliphatic carbocycles. The van der Waals surface area contributed by atoms with Gasteiger partial charge in [-0.15, -0.1) is 0 Å². The van der Waals surface area contributed by atoms with Gasteiger partial charge in [-0.2, -0.15) is 0 Å². The van der Waals surface area contributed by atoms with E-state index < -0.39 is 5.97 Å². The van der Waals surface area contributed by atoms with Crippen LogP contribution in [0.15, 0.2) is 60.7 Å². The Balaban J connectivity index is 1.47. The van der Waals surface area contributed by atoms with E-state index in [1.807, 2.05) is 49.4 Å². The minimum Gasteiger partial charge on any atom is -0.494 e. The third kappa shape index (κ3) is 5.09. The van der Waals surface area contributed by atoms with Crippen LogP contribution in [-0.4, -0.2) is 24.3 Å². The van der Waals surface area contributed by atoms with Gasteiger partial charge in [0.2, 0.25) is 0 Å². The molecule has 5 heteroatoms. The molecule has 0 unspecified atom stereocenters. The second kappa shape index (κ2) is 10.3. The maximum atomic E-state index is 13.7. The molecule has 0 radical (unpaired) electrons. The van der Waals surface area contributed by atoms with Crippen molar-refractivity contribution in [2.75, 3.05) is 7.11 Å². The number of ether oxygens (including phenoxy) is 2. The Bertz CT molecular complexity index is 1170. The number of hydrogen-bond donors (Lipinski definition) is 1. The van der Waals surface area contributed by atoms with Gasteiger partial charge in [0.15, 0.2) is 11.6 Å². The van der Waals surface area contributed by atoms with Crippen LogP contribution < -0.4 is 9.47 Å². The fourth-order valence-corrected chi connectivity index (χ4v) is 4.87. The normalized spacial score (nSPS) is 18.0. The molecular weight excluding hydrogens is 431 g/mol. The lowest BCUT2D eigenvalue weighted by Gasteiger charge is -2.33. The largest absolute Gasteiger partial charge is 0.494 e. The topological polar surface area (TPSA) is 55.8 Å². The summed E-state index contributed by atoms with van der Waals surface area (Å²) in [4.78, 5) is 11.7. The van der Waals surface area contributed by atoms with Crippen LogP contribution >= 0.6 is 0 Å². The van der Waals surface area contributed by atoms with Crippen molar-refractivity contribution < 1.29 is 23.8 Å². The molecule has 0 amide bonds. The van der Waals surface area contributed by atoms with Gasteiger partial charge in [-0.3, -0.25) is 0 Å². The molecule has 178 valence electrons. The first kappa shape index (κ1) is 23.8. The van der Waals surface area contributed by atoms with Crippen molar-refractivity contribution in [3.05, 3.63) is 94.3 Å². The highest BCUT2D eigenvalue weighted by Crippen LogP contribution is 2.42. The SMILES string of the molecule is COc1cc([C@@H](C)CCC[C@@H]2C[C@H](c3ccc(C)c(C(=O)O)c3)c3ccccc3O2)ccc1F. The molecule has 0 saturated carbocycles. The van der Waals surface area contributed by atoms with Gasteiger partial charge in [0.05, 0.1) is 18.8 Å². The lowest BCUT2D eigenvalue weighted by atomic mass is 9.82. The van der Waals surface area contributed by atoms with Crippen molar-refractivity contribution in [3.63, 3.8) is 0 Å². The molecule has 0 spiro atoms. The molecule has 0 aromatic heterocycles. The molecule has 0 saturated heterocycles. The number of aryl methyl sites for hydroxylation is 1. The average Bonchev–Trinajstić information content (AvgIpc) is 2.84. The molecule has 1 aliphatic rings. The van der Waals surface area contributed by atoms with E-state index in [2.05, 4.69) is 13.0 Å². The predicted octanol–water partition coefficient (Wildman–Crippen LogP) is 7.10. The lowest BCUT2D eigenvalue weighted by Crippen LogP contribution is -2.26. The molecule has 3 aromatic rings. The summed E-state index contributed by atoms with van der Waals surface area (Å²) >= 11 is 0. The molecule has 3 aromatic carbocycles. The lowest BCUT2D eigenvalue weighted by molar-refractivity contribution is 0.0696. The van der Waals surface area contributed by atoms with E-state index in [1.54, 1.807) is 6.07 Å². The number of carbonyl (C=O) groups is 1. The Morgan fingerprint density at radius 3 is 2.74 bits per heavy atom. The first-order valence-corrected chi connectivity index (χ1v) is 11.8. The second-order valence-corrected chi connectivity index (χ2v) is 9.17. The fourth-order valence-electron chi connectivity index (χ4n) is 4.87. The highest BCUT2D eigenvalue weighted by molar-refractivity contribution is 5.89. The fraction of sp³-hybridized carbons (Fsp3) is 0.345. The summed E-state index contributed by atoms with van der Waals surface area (Å²) in [7, 11) is 1.48. The van der Waals surface area contributed by atoms with Crippen molar-refractivity contribution >= 4 is 5.97 Å². The number of benzene rings is 3. The third-order valence-corrected chi connectivity index (χ3v) is 6.89. The first-order chi connectivity index (χ1) is 16.4. The molecule has 4 rings (SSSR count). The number of carboxylic acids is 1. The molecular formula is C29H31FO4. The second-order valence-electron chi connectivity index (χ2n) is 9.17. The Morgan fingerprint density at radius 1 is 1.18 bits per heavy atom. The molecule has 0 bridgehead atoms. The van der Waals surface area contributed by atoms with Gasteiger partial charge in [0, 0.05) is 11.5 Å². The Morgan fingerprint density at radius 2 is 1.97 bits per heavy atom. The van der Waals surface area contributed by atoms with Gasteiger partial charge >= 0.3 is 5.97 Å². The standard InChI is InChI=1S/C29H31FO4/c1-18(20-13-14-26(30)28(16-20)33-3)7-6-8-22-17-25(23-9-4-5-10-27(23)34-22)21-12-11-19(2)24(15-21)29(31)32/h4-5,9-16,18,22,25H,6-8,17H2,1-3H3,(H,31,32)/t18-,22+,25+/m0/s1. The van der Waals surface area contributed by atoms with E-state index in [-0.39, 0.29) is 29.5 Å². The number of aromatic carboxylic acids is 1. The van der Waals surface area contributed by atoms with Gasteiger partial charge in [-0.05, 0) is 79.5 Å². The maximum Gasteiger partial charge on any atom is 0.335 e.